The number of nitrogens with zero attached hydrogens (tertiary/aromatic N) is 8. The molecule has 326 valence electrons. The van der Waals surface area contributed by atoms with Gasteiger partial charge in [0, 0.05) is 89.3 Å². The van der Waals surface area contributed by atoms with Gasteiger partial charge in [0.25, 0.3) is 5.91 Å². The molecule has 2 N–H and O–H groups in total. The van der Waals surface area contributed by atoms with Crippen molar-refractivity contribution in [1.82, 2.24) is 35.1 Å². The Morgan fingerprint density at radius 3 is 2.18 bits per heavy atom. The summed E-state index contributed by atoms with van der Waals surface area (Å²) >= 11 is 0. The predicted molar refractivity (Wildman–Crippen MR) is 250 cm³/mol. The van der Waals surface area contributed by atoms with Crippen LogP contribution in [0, 0.1) is 6.92 Å². The van der Waals surface area contributed by atoms with Gasteiger partial charge in [0.1, 0.15) is 5.71 Å². The Morgan fingerprint density at radius 1 is 0.774 bits per heavy atom. The number of aryl methyl sites for hydroxylation is 1. The molecule has 0 bridgehead atoms. The summed E-state index contributed by atoms with van der Waals surface area (Å²) in [7, 11) is 0. The molecular formula is C50H64N10O2. The van der Waals surface area contributed by atoms with Gasteiger partial charge in [-0.2, -0.15) is 10.2 Å². The number of carbonyl (C=O) groups is 2. The number of allylic oxidation sites excluding steroid dienone is 2. The maximum atomic E-state index is 13.3. The zero-order chi connectivity index (χ0) is 42.8. The molecule has 2 fully saturated rings. The highest BCUT2D eigenvalue weighted by atomic mass is 16.2. The fourth-order valence-corrected chi connectivity index (χ4v) is 9.43. The third-order valence-corrected chi connectivity index (χ3v) is 13.0. The summed E-state index contributed by atoms with van der Waals surface area (Å²) < 4.78 is 1.92. The Kier molecular flexibility index (Phi) is 14.3. The summed E-state index contributed by atoms with van der Waals surface area (Å²) in [5.74, 6) is -0.00949. The third-order valence-electron chi connectivity index (χ3n) is 13.0. The summed E-state index contributed by atoms with van der Waals surface area (Å²) in [5.41, 5.74) is 9.94. The number of para-hydroxylation sites is 2. The number of aromatic nitrogens is 2. The first kappa shape index (κ1) is 43.1. The van der Waals surface area contributed by atoms with Gasteiger partial charge in [0.2, 0.25) is 5.91 Å². The largest absolute Gasteiger partial charge is 0.369 e. The molecule has 4 heterocycles. The first-order valence-corrected chi connectivity index (χ1v) is 22.8. The summed E-state index contributed by atoms with van der Waals surface area (Å²) in [6.07, 6.45) is 9.20. The molecular weight excluding hydrogens is 773 g/mol. The van der Waals surface area contributed by atoms with E-state index in [1.807, 2.05) is 48.0 Å². The molecule has 1 aliphatic carbocycles. The topological polar surface area (TPSA) is 105 Å². The number of carbonyl (C=O) groups excluding carboxylic acids is 2. The van der Waals surface area contributed by atoms with Crippen LogP contribution in [-0.4, -0.2) is 126 Å². The summed E-state index contributed by atoms with van der Waals surface area (Å²) in [5, 5.41) is 18.0. The third kappa shape index (κ3) is 10.7. The molecule has 12 heteroatoms. The standard InChI is InChI=1S/C50H64N10O2/c1-4-12-46-35-47(50(62)51-23-24-55-25-29-57(30-26-55)43-14-7-5-8-15-43)54-60(46)45-21-19-40(20-22-45)34-41-13-11-18-48(39(41)3)58-31-27-56(28-32-58)37-49(61)52-36-42-33-38(2)59(53-42)44-16-9-6-10-17-44/h5-11,13-17,19-22,33,46,48H,4,12,18,23-32,34-37H2,1-3H3,(H,51,62)(H,52,61). The molecule has 8 rings (SSSR count). The number of benzene rings is 3. The number of amides is 2. The van der Waals surface area contributed by atoms with Gasteiger partial charge in [-0.05, 0) is 86.7 Å². The number of anilines is 2. The molecule has 0 spiro atoms. The van der Waals surface area contributed by atoms with Crippen molar-refractivity contribution >= 4 is 28.9 Å². The fraction of sp³-hybridized carbons (Fsp3) is 0.440. The normalized spacial score (nSPS) is 20.1. The van der Waals surface area contributed by atoms with Gasteiger partial charge in [-0.1, -0.05) is 79.6 Å². The lowest BCUT2D eigenvalue weighted by Gasteiger charge is -2.40. The molecule has 4 aliphatic rings. The average molecular weight is 837 g/mol. The van der Waals surface area contributed by atoms with Crippen molar-refractivity contribution < 1.29 is 9.59 Å². The Morgan fingerprint density at radius 2 is 1.47 bits per heavy atom. The maximum Gasteiger partial charge on any atom is 0.267 e. The van der Waals surface area contributed by atoms with E-state index in [1.54, 1.807) is 0 Å². The van der Waals surface area contributed by atoms with Crippen molar-refractivity contribution in [3.05, 3.63) is 131 Å². The number of rotatable bonds is 16. The van der Waals surface area contributed by atoms with Crippen molar-refractivity contribution in [2.75, 3.05) is 81.9 Å². The van der Waals surface area contributed by atoms with Crippen molar-refractivity contribution in [2.45, 2.75) is 71.5 Å². The molecule has 2 unspecified atom stereocenters. The minimum Gasteiger partial charge on any atom is -0.369 e. The second-order valence-corrected chi connectivity index (χ2v) is 17.3. The highest BCUT2D eigenvalue weighted by Crippen LogP contribution is 2.30. The van der Waals surface area contributed by atoms with Gasteiger partial charge in [-0.3, -0.25) is 29.3 Å². The van der Waals surface area contributed by atoms with Crippen molar-refractivity contribution in [1.29, 1.82) is 0 Å². The van der Waals surface area contributed by atoms with Crippen LogP contribution in [0.25, 0.3) is 5.69 Å². The average Bonchev–Trinajstić information content (AvgIpc) is 3.91. The van der Waals surface area contributed by atoms with Gasteiger partial charge >= 0.3 is 0 Å². The predicted octanol–water partition coefficient (Wildman–Crippen LogP) is 5.98. The van der Waals surface area contributed by atoms with E-state index in [2.05, 4.69) is 116 Å². The van der Waals surface area contributed by atoms with E-state index in [1.165, 1.54) is 22.4 Å². The zero-order valence-corrected chi connectivity index (χ0v) is 36.9. The van der Waals surface area contributed by atoms with Crippen LogP contribution in [0.3, 0.4) is 0 Å². The van der Waals surface area contributed by atoms with E-state index >= 15 is 0 Å². The van der Waals surface area contributed by atoms with E-state index < -0.39 is 0 Å². The lowest BCUT2D eigenvalue weighted by Crippen LogP contribution is -2.52. The molecule has 12 nitrogen and oxygen atoms in total. The number of hydrazone groups is 1. The first-order valence-electron chi connectivity index (χ1n) is 22.8. The van der Waals surface area contributed by atoms with E-state index in [0.29, 0.717) is 37.8 Å². The SMILES string of the molecule is CCCC1CC(C(=O)NCCN2CCN(c3ccccc3)CC2)=NN1c1ccc(CC2=C(C)C(N3CCN(CC(=O)NCc4cc(C)n(-c5ccccc5)n4)CC3)CC=C2)cc1. The van der Waals surface area contributed by atoms with Gasteiger partial charge in [0.15, 0.2) is 0 Å². The molecule has 0 saturated carbocycles. The molecule has 3 aliphatic heterocycles. The second-order valence-electron chi connectivity index (χ2n) is 17.3. The summed E-state index contributed by atoms with van der Waals surface area (Å²) in [4.78, 5) is 36.0. The zero-order valence-electron chi connectivity index (χ0n) is 36.9. The quantitative estimate of drug-likeness (QED) is 0.142. The van der Waals surface area contributed by atoms with E-state index in [-0.39, 0.29) is 17.9 Å². The van der Waals surface area contributed by atoms with Crippen LogP contribution in [0.15, 0.2) is 119 Å². The lowest BCUT2D eigenvalue weighted by molar-refractivity contribution is -0.123. The smallest absolute Gasteiger partial charge is 0.267 e. The van der Waals surface area contributed by atoms with Crippen LogP contribution in [0.5, 0.6) is 0 Å². The van der Waals surface area contributed by atoms with Gasteiger partial charge in [-0.25, -0.2) is 4.68 Å². The van der Waals surface area contributed by atoms with E-state index in [0.717, 1.165) is 107 Å². The maximum absolute atomic E-state index is 13.3. The van der Waals surface area contributed by atoms with Crippen LogP contribution in [-0.2, 0) is 22.6 Å². The van der Waals surface area contributed by atoms with Crippen LogP contribution < -0.4 is 20.5 Å². The molecule has 2 atom stereocenters. The minimum atomic E-state index is -0.0457. The molecule has 0 radical (unpaired) electrons. The molecule has 62 heavy (non-hydrogen) atoms. The van der Waals surface area contributed by atoms with Crippen LogP contribution in [0.4, 0.5) is 11.4 Å². The van der Waals surface area contributed by atoms with Gasteiger partial charge < -0.3 is 15.5 Å². The highest BCUT2D eigenvalue weighted by molar-refractivity contribution is 6.39. The number of piperazine rings is 2. The number of hydrogen-bond donors (Lipinski definition) is 2. The van der Waals surface area contributed by atoms with Crippen molar-refractivity contribution in [2.24, 2.45) is 5.10 Å². The monoisotopic (exact) mass is 837 g/mol. The lowest BCUT2D eigenvalue weighted by atomic mass is 9.89. The Hall–Kier alpha value is -5.56. The van der Waals surface area contributed by atoms with Crippen LogP contribution in [0.2, 0.25) is 0 Å². The Bertz CT molecular complexity index is 2200. The van der Waals surface area contributed by atoms with E-state index in [4.69, 9.17) is 10.2 Å². The Balaban J connectivity index is 0.787. The fourth-order valence-electron chi connectivity index (χ4n) is 9.43. The van der Waals surface area contributed by atoms with Gasteiger partial charge in [0.05, 0.1) is 36.2 Å². The van der Waals surface area contributed by atoms with Crippen molar-refractivity contribution in [3.8, 4) is 5.69 Å². The molecule has 4 aromatic rings. The summed E-state index contributed by atoms with van der Waals surface area (Å²) in [6, 6.07) is 32.0. The minimum absolute atomic E-state index is 0.0362. The van der Waals surface area contributed by atoms with Crippen molar-refractivity contribution in [3.63, 3.8) is 0 Å². The molecule has 2 saturated heterocycles. The second kappa shape index (κ2) is 20.5. The molecule has 2 amide bonds. The van der Waals surface area contributed by atoms with Crippen LogP contribution in [0.1, 0.15) is 56.5 Å². The molecule has 3 aromatic carbocycles. The highest BCUT2D eigenvalue weighted by Gasteiger charge is 2.31. The number of hydrogen-bond acceptors (Lipinski definition) is 9. The van der Waals surface area contributed by atoms with Crippen LogP contribution >= 0.6 is 0 Å². The Labute approximate surface area is 367 Å². The number of nitrogens with one attached hydrogen (secondary N) is 2. The molecule has 1 aromatic heterocycles. The first-order chi connectivity index (χ1) is 30.3. The van der Waals surface area contributed by atoms with Gasteiger partial charge in [-0.15, -0.1) is 0 Å². The van der Waals surface area contributed by atoms with E-state index in [9.17, 15) is 9.59 Å². The summed E-state index contributed by atoms with van der Waals surface area (Å²) in [6.45, 7) is 16.4.